The van der Waals surface area contributed by atoms with Crippen molar-refractivity contribution >= 4 is 17.6 Å². The SMILES string of the molecule is COc1c([C@@H]2[C@@H](C)[C@@](C)(C(F)(F)F)O[C@H]2C(=O)Nc2cc(C(N)=O)ccn2)ccc(F)c1F. The lowest BCUT2D eigenvalue weighted by atomic mass is 9.77. The predicted molar refractivity (Wildman–Crippen MR) is 106 cm³/mol. The Hall–Kier alpha value is -3.28. The minimum Gasteiger partial charge on any atom is -0.493 e. The number of pyridine rings is 1. The van der Waals surface area contributed by atoms with E-state index >= 15 is 0 Å². The zero-order valence-electron chi connectivity index (χ0n) is 17.7. The number of aromatic nitrogens is 1. The molecule has 1 aromatic carbocycles. The molecule has 33 heavy (non-hydrogen) atoms. The Balaban J connectivity index is 2.07. The molecule has 12 heteroatoms. The Kier molecular flexibility index (Phi) is 6.33. The maximum atomic E-state index is 14.3. The molecule has 0 radical (unpaired) electrons. The normalized spacial score (nSPS) is 25.0. The van der Waals surface area contributed by atoms with Crippen LogP contribution in [0.25, 0.3) is 0 Å². The number of hydrogen-bond acceptors (Lipinski definition) is 5. The van der Waals surface area contributed by atoms with Crippen molar-refractivity contribution in [3.63, 3.8) is 0 Å². The Bertz CT molecular complexity index is 1090. The maximum Gasteiger partial charge on any atom is 0.417 e. The van der Waals surface area contributed by atoms with Gasteiger partial charge in [0.1, 0.15) is 11.9 Å². The van der Waals surface area contributed by atoms with E-state index in [9.17, 15) is 31.5 Å². The van der Waals surface area contributed by atoms with E-state index in [-0.39, 0.29) is 16.9 Å². The Morgan fingerprint density at radius 2 is 1.91 bits per heavy atom. The van der Waals surface area contributed by atoms with Crippen LogP contribution in [0, 0.1) is 17.6 Å². The molecule has 3 N–H and O–H groups in total. The summed E-state index contributed by atoms with van der Waals surface area (Å²) in [5, 5.41) is 2.29. The molecule has 0 aliphatic carbocycles. The molecule has 4 atom stereocenters. The number of alkyl halides is 3. The van der Waals surface area contributed by atoms with Crippen molar-refractivity contribution < 1.29 is 41.0 Å². The van der Waals surface area contributed by atoms with Crippen LogP contribution in [0.1, 0.15) is 35.7 Å². The van der Waals surface area contributed by atoms with Crippen molar-refractivity contribution in [2.75, 3.05) is 12.4 Å². The molecule has 0 unspecified atom stereocenters. The highest BCUT2D eigenvalue weighted by atomic mass is 19.4. The molecule has 1 aliphatic rings. The van der Waals surface area contributed by atoms with Crippen LogP contribution in [-0.2, 0) is 9.53 Å². The first kappa shape index (κ1) is 24.4. The van der Waals surface area contributed by atoms with Crippen molar-refractivity contribution in [2.45, 2.75) is 37.6 Å². The third kappa shape index (κ3) is 4.22. The highest BCUT2D eigenvalue weighted by molar-refractivity contribution is 5.97. The highest BCUT2D eigenvalue weighted by Gasteiger charge is 2.65. The van der Waals surface area contributed by atoms with E-state index in [0.717, 1.165) is 32.2 Å². The van der Waals surface area contributed by atoms with Gasteiger partial charge in [0, 0.05) is 29.2 Å². The Morgan fingerprint density at radius 3 is 2.48 bits per heavy atom. The summed E-state index contributed by atoms with van der Waals surface area (Å²) in [5.41, 5.74) is 2.22. The first-order valence-electron chi connectivity index (χ1n) is 9.65. The average Bonchev–Trinajstić information content (AvgIpc) is 3.02. The third-order valence-corrected chi connectivity index (χ3v) is 5.87. The summed E-state index contributed by atoms with van der Waals surface area (Å²) in [6.07, 6.45) is -5.51. The van der Waals surface area contributed by atoms with Crippen LogP contribution < -0.4 is 15.8 Å². The zero-order chi connectivity index (χ0) is 24.7. The summed E-state index contributed by atoms with van der Waals surface area (Å²) in [6, 6.07) is 4.20. The number of primary amides is 1. The van der Waals surface area contributed by atoms with E-state index in [1.165, 1.54) is 19.2 Å². The molecule has 1 aromatic heterocycles. The second-order valence-electron chi connectivity index (χ2n) is 7.72. The standard InChI is InChI=1S/C21H20F5N3O4/c1-9-14(11-4-5-12(22)15(23)16(11)32-3)17(33-20(9,2)21(24,25)26)19(31)29-13-8-10(18(27)30)6-7-28-13/h4-9,14,17H,1-3H3,(H2,27,30)(H,28,29,31)/t9-,14+,17-,20+/m1/s1. The number of ether oxygens (including phenoxy) is 2. The van der Waals surface area contributed by atoms with Crippen LogP contribution in [0.4, 0.5) is 27.8 Å². The van der Waals surface area contributed by atoms with E-state index in [1.54, 1.807) is 0 Å². The summed E-state index contributed by atoms with van der Waals surface area (Å²) >= 11 is 0. The fourth-order valence-electron chi connectivity index (χ4n) is 3.89. The molecule has 1 fully saturated rings. The second kappa shape index (κ2) is 8.58. The maximum absolute atomic E-state index is 14.3. The van der Waals surface area contributed by atoms with Crippen LogP contribution in [0.3, 0.4) is 0 Å². The predicted octanol–water partition coefficient (Wildman–Crippen LogP) is 3.55. The van der Waals surface area contributed by atoms with Crippen LogP contribution in [-0.4, -0.2) is 41.8 Å². The lowest BCUT2D eigenvalue weighted by Gasteiger charge is -2.32. The van der Waals surface area contributed by atoms with Gasteiger partial charge in [-0.25, -0.2) is 9.37 Å². The highest BCUT2D eigenvalue weighted by Crippen LogP contribution is 2.54. The fraction of sp³-hybridized carbons (Fsp3) is 0.381. The number of carbonyl (C=O) groups is 2. The van der Waals surface area contributed by atoms with Gasteiger partial charge in [-0.1, -0.05) is 13.0 Å². The van der Waals surface area contributed by atoms with Crippen molar-refractivity contribution in [3.05, 3.63) is 53.2 Å². The zero-order valence-corrected chi connectivity index (χ0v) is 17.7. The summed E-state index contributed by atoms with van der Waals surface area (Å²) in [7, 11) is 1.03. The number of anilines is 1. The second-order valence-corrected chi connectivity index (χ2v) is 7.72. The molecule has 0 saturated carbocycles. The van der Waals surface area contributed by atoms with Gasteiger partial charge in [0.05, 0.1) is 7.11 Å². The average molecular weight is 473 g/mol. The number of hydrogen-bond donors (Lipinski definition) is 2. The number of nitrogens with zero attached hydrogens (tertiary/aromatic N) is 1. The number of rotatable bonds is 5. The largest absolute Gasteiger partial charge is 0.493 e. The quantitative estimate of drug-likeness (QED) is 0.647. The Labute approximate surface area is 185 Å². The van der Waals surface area contributed by atoms with Crippen molar-refractivity contribution in [2.24, 2.45) is 11.7 Å². The van der Waals surface area contributed by atoms with Crippen molar-refractivity contribution in [3.8, 4) is 5.75 Å². The Morgan fingerprint density at radius 1 is 1.24 bits per heavy atom. The number of nitrogens with one attached hydrogen (secondary N) is 1. The molecule has 0 spiro atoms. The van der Waals surface area contributed by atoms with Gasteiger partial charge in [-0.2, -0.15) is 17.6 Å². The lowest BCUT2D eigenvalue weighted by Crippen LogP contribution is -2.47. The van der Waals surface area contributed by atoms with Crippen molar-refractivity contribution in [1.29, 1.82) is 0 Å². The summed E-state index contributed by atoms with van der Waals surface area (Å²) in [6.45, 7) is 1.97. The van der Waals surface area contributed by atoms with Gasteiger partial charge in [0.2, 0.25) is 11.7 Å². The molecular formula is C21H20F5N3O4. The summed E-state index contributed by atoms with van der Waals surface area (Å²) in [4.78, 5) is 28.2. The van der Waals surface area contributed by atoms with Gasteiger partial charge < -0.3 is 20.5 Å². The molecule has 3 rings (SSSR count). The van der Waals surface area contributed by atoms with Gasteiger partial charge in [0.25, 0.3) is 5.91 Å². The number of benzene rings is 1. The number of carbonyl (C=O) groups excluding carboxylic acids is 2. The molecule has 1 aliphatic heterocycles. The van der Waals surface area contributed by atoms with Crippen LogP contribution in [0.15, 0.2) is 30.5 Å². The fourth-order valence-corrected chi connectivity index (χ4v) is 3.89. The summed E-state index contributed by atoms with van der Waals surface area (Å²) < 4.78 is 80.0. The van der Waals surface area contributed by atoms with Gasteiger partial charge in [-0.15, -0.1) is 0 Å². The van der Waals surface area contributed by atoms with Crippen LogP contribution in [0.5, 0.6) is 5.75 Å². The lowest BCUT2D eigenvalue weighted by molar-refractivity contribution is -0.272. The monoisotopic (exact) mass is 473 g/mol. The molecular weight excluding hydrogens is 453 g/mol. The molecule has 1 saturated heterocycles. The third-order valence-electron chi connectivity index (χ3n) is 5.87. The van der Waals surface area contributed by atoms with Gasteiger partial charge in [0.15, 0.2) is 17.2 Å². The van der Waals surface area contributed by atoms with E-state index in [0.29, 0.717) is 0 Å². The number of nitrogens with two attached hydrogens (primary N) is 1. The molecule has 7 nitrogen and oxygen atoms in total. The smallest absolute Gasteiger partial charge is 0.417 e. The molecule has 2 heterocycles. The van der Waals surface area contributed by atoms with Gasteiger partial charge in [-0.05, 0) is 25.1 Å². The van der Waals surface area contributed by atoms with Crippen LogP contribution >= 0.6 is 0 Å². The van der Waals surface area contributed by atoms with E-state index in [1.807, 2.05) is 0 Å². The molecule has 2 amide bonds. The topological polar surface area (TPSA) is 104 Å². The minimum atomic E-state index is -4.89. The van der Waals surface area contributed by atoms with E-state index in [2.05, 4.69) is 10.3 Å². The first-order valence-corrected chi connectivity index (χ1v) is 9.65. The van der Waals surface area contributed by atoms with E-state index < -0.39 is 58.9 Å². The minimum absolute atomic E-state index is 0.0000342. The van der Waals surface area contributed by atoms with Crippen LogP contribution in [0.2, 0.25) is 0 Å². The first-order chi connectivity index (χ1) is 15.3. The van der Waals surface area contributed by atoms with E-state index in [4.69, 9.17) is 15.2 Å². The number of halogens is 5. The molecule has 178 valence electrons. The van der Waals surface area contributed by atoms with Gasteiger partial charge >= 0.3 is 6.18 Å². The van der Waals surface area contributed by atoms with Gasteiger partial charge in [-0.3, -0.25) is 9.59 Å². The molecule has 0 bridgehead atoms. The number of amides is 2. The number of methoxy groups -OCH3 is 1. The molecule has 2 aromatic rings. The van der Waals surface area contributed by atoms with Crippen molar-refractivity contribution in [1.82, 2.24) is 4.98 Å². The summed E-state index contributed by atoms with van der Waals surface area (Å²) in [5.74, 6) is -8.10.